The molecule has 2 aromatic rings. The minimum absolute atomic E-state index is 0.291. The molecule has 1 N–H and O–H groups in total. The zero-order valence-electron chi connectivity index (χ0n) is 13.8. The lowest BCUT2D eigenvalue weighted by molar-refractivity contribution is -0.141. The van der Waals surface area contributed by atoms with Gasteiger partial charge < -0.3 is 14.6 Å². The lowest BCUT2D eigenvalue weighted by atomic mass is 10.2. The van der Waals surface area contributed by atoms with E-state index in [4.69, 9.17) is 5.11 Å². The normalized spacial score (nSPS) is 12.0. The number of aromatic nitrogens is 2. The van der Waals surface area contributed by atoms with Gasteiger partial charge in [0.1, 0.15) is 6.04 Å². The smallest absolute Gasteiger partial charge is 0.326 e. The van der Waals surface area contributed by atoms with Gasteiger partial charge in [-0.1, -0.05) is 6.07 Å². The lowest BCUT2D eigenvalue weighted by Gasteiger charge is -2.21. The van der Waals surface area contributed by atoms with Crippen LogP contribution in [0.4, 0.5) is 0 Å². The van der Waals surface area contributed by atoms with Gasteiger partial charge in [0.05, 0.1) is 17.8 Å². The second-order valence-corrected chi connectivity index (χ2v) is 5.62. The summed E-state index contributed by atoms with van der Waals surface area (Å²) in [6, 6.07) is 6.63. The summed E-state index contributed by atoms with van der Waals surface area (Å²) in [5.74, 6) is -1.32. The van der Waals surface area contributed by atoms with Crippen molar-refractivity contribution in [3.63, 3.8) is 0 Å². The number of likely N-dealkylation sites (N-methyl/N-ethyl adjacent to an activating group) is 1. The van der Waals surface area contributed by atoms with Gasteiger partial charge in [0.25, 0.3) is 5.91 Å². The van der Waals surface area contributed by atoms with Crippen LogP contribution in [0.1, 0.15) is 34.4 Å². The molecule has 0 fully saturated rings. The van der Waals surface area contributed by atoms with E-state index >= 15 is 0 Å². The predicted octanol–water partition coefficient (Wildman–Crippen LogP) is 2.09. The van der Waals surface area contributed by atoms with Crippen molar-refractivity contribution >= 4 is 11.9 Å². The number of pyridine rings is 1. The molecule has 1 atom stereocenters. The van der Waals surface area contributed by atoms with Crippen LogP contribution in [0.15, 0.2) is 30.5 Å². The van der Waals surface area contributed by atoms with Crippen LogP contribution in [0.2, 0.25) is 0 Å². The predicted molar refractivity (Wildman–Crippen MR) is 86.4 cm³/mol. The molecule has 1 unspecified atom stereocenters. The van der Waals surface area contributed by atoms with Crippen LogP contribution < -0.4 is 0 Å². The Morgan fingerprint density at radius 2 is 2.04 bits per heavy atom. The summed E-state index contributed by atoms with van der Waals surface area (Å²) in [6.07, 6.45) is 1.73. The summed E-state index contributed by atoms with van der Waals surface area (Å²) in [6.45, 7) is 5.85. The number of nitrogens with zero attached hydrogens (tertiary/aromatic N) is 3. The molecule has 0 saturated heterocycles. The molecule has 122 valence electrons. The first-order valence-corrected chi connectivity index (χ1v) is 7.39. The van der Waals surface area contributed by atoms with E-state index < -0.39 is 12.0 Å². The number of aliphatic carboxylic acids is 1. The fraction of sp³-hybridized carbons (Fsp3) is 0.353. The Bertz CT molecular complexity index is 722. The van der Waals surface area contributed by atoms with E-state index in [2.05, 4.69) is 4.98 Å². The van der Waals surface area contributed by atoms with Gasteiger partial charge in [-0.15, -0.1) is 0 Å². The molecule has 0 aliphatic heterocycles. The van der Waals surface area contributed by atoms with Crippen molar-refractivity contribution in [2.24, 2.45) is 0 Å². The van der Waals surface area contributed by atoms with Crippen LogP contribution in [0.25, 0.3) is 0 Å². The van der Waals surface area contributed by atoms with Crippen molar-refractivity contribution in [3.8, 4) is 0 Å². The molecule has 23 heavy (non-hydrogen) atoms. The van der Waals surface area contributed by atoms with Gasteiger partial charge in [0, 0.05) is 24.6 Å². The number of amides is 1. The van der Waals surface area contributed by atoms with Crippen LogP contribution in [0.3, 0.4) is 0 Å². The maximum atomic E-state index is 12.6. The summed E-state index contributed by atoms with van der Waals surface area (Å²) in [7, 11) is 1.51. The molecule has 6 heteroatoms. The van der Waals surface area contributed by atoms with E-state index in [1.54, 1.807) is 12.3 Å². The second-order valence-electron chi connectivity index (χ2n) is 5.62. The summed E-state index contributed by atoms with van der Waals surface area (Å²) in [5.41, 5.74) is 3.17. The van der Waals surface area contributed by atoms with Gasteiger partial charge in [0.2, 0.25) is 0 Å². The highest BCUT2D eigenvalue weighted by Crippen LogP contribution is 2.19. The first-order chi connectivity index (χ1) is 10.8. The fourth-order valence-corrected chi connectivity index (χ4v) is 2.45. The molecule has 2 rings (SSSR count). The summed E-state index contributed by atoms with van der Waals surface area (Å²) >= 11 is 0. The molecule has 2 heterocycles. The van der Waals surface area contributed by atoms with Gasteiger partial charge in [-0.3, -0.25) is 9.78 Å². The Balaban J connectivity index is 2.30. The second kappa shape index (κ2) is 6.64. The van der Waals surface area contributed by atoms with E-state index in [1.807, 2.05) is 36.6 Å². The summed E-state index contributed by atoms with van der Waals surface area (Å²) in [5, 5.41) is 9.06. The van der Waals surface area contributed by atoms with Crippen LogP contribution in [0.5, 0.6) is 0 Å². The quantitative estimate of drug-likeness (QED) is 0.917. The third-order valence-electron chi connectivity index (χ3n) is 4.11. The van der Waals surface area contributed by atoms with Crippen molar-refractivity contribution in [1.82, 2.24) is 14.5 Å². The molecule has 0 saturated carbocycles. The van der Waals surface area contributed by atoms with E-state index in [0.29, 0.717) is 12.1 Å². The number of hydrogen-bond donors (Lipinski definition) is 1. The molecule has 2 aromatic heterocycles. The van der Waals surface area contributed by atoms with Gasteiger partial charge >= 0.3 is 5.97 Å². The Hall–Kier alpha value is -2.63. The number of carboxylic acids is 1. The van der Waals surface area contributed by atoms with Crippen LogP contribution in [-0.4, -0.2) is 44.5 Å². The number of rotatable bonds is 5. The van der Waals surface area contributed by atoms with Crippen molar-refractivity contribution < 1.29 is 14.7 Å². The first-order valence-electron chi connectivity index (χ1n) is 7.39. The van der Waals surface area contributed by atoms with Gasteiger partial charge in [-0.25, -0.2) is 4.79 Å². The molecular formula is C17H21N3O3. The molecule has 0 aliphatic rings. The molecule has 0 bridgehead atoms. The average molecular weight is 315 g/mol. The highest BCUT2D eigenvalue weighted by Gasteiger charge is 2.25. The van der Waals surface area contributed by atoms with Crippen LogP contribution >= 0.6 is 0 Å². The molecule has 0 aromatic carbocycles. The summed E-state index contributed by atoms with van der Waals surface area (Å²) < 4.78 is 2.01. The highest BCUT2D eigenvalue weighted by molar-refractivity contribution is 5.97. The number of carbonyl (C=O) groups excluding carboxylic acids is 1. The monoisotopic (exact) mass is 315 g/mol. The largest absolute Gasteiger partial charge is 0.480 e. The summed E-state index contributed by atoms with van der Waals surface area (Å²) in [4.78, 5) is 29.2. The van der Waals surface area contributed by atoms with Gasteiger partial charge in [-0.2, -0.15) is 0 Å². The van der Waals surface area contributed by atoms with E-state index in [0.717, 1.165) is 17.1 Å². The molecule has 6 nitrogen and oxygen atoms in total. The topological polar surface area (TPSA) is 75.4 Å². The zero-order valence-corrected chi connectivity index (χ0v) is 13.8. The fourth-order valence-electron chi connectivity index (χ4n) is 2.45. The molecule has 0 radical (unpaired) electrons. The Kier molecular flexibility index (Phi) is 4.83. The van der Waals surface area contributed by atoms with Gasteiger partial charge in [0.15, 0.2) is 0 Å². The maximum absolute atomic E-state index is 12.6. The minimum Gasteiger partial charge on any atom is -0.480 e. The third-order valence-corrected chi connectivity index (χ3v) is 4.11. The molecule has 0 spiro atoms. The third kappa shape index (κ3) is 3.41. The number of carbonyl (C=O) groups is 2. The van der Waals surface area contributed by atoms with E-state index in [9.17, 15) is 9.59 Å². The average Bonchev–Trinajstić information content (AvgIpc) is 2.81. The van der Waals surface area contributed by atoms with Crippen molar-refractivity contribution in [3.05, 3.63) is 53.1 Å². The molecule has 1 amide bonds. The molecular weight excluding hydrogens is 294 g/mol. The van der Waals surface area contributed by atoms with Crippen molar-refractivity contribution in [2.75, 3.05) is 7.05 Å². The van der Waals surface area contributed by atoms with Crippen molar-refractivity contribution in [2.45, 2.75) is 33.4 Å². The van der Waals surface area contributed by atoms with Crippen LogP contribution in [-0.2, 0) is 11.3 Å². The Morgan fingerprint density at radius 3 is 2.61 bits per heavy atom. The van der Waals surface area contributed by atoms with Crippen molar-refractivity contribution in [1.29, 1.82) is 0 Å². The zero-order chi connectivity index (χ0) is 17.1. The number of aryl methyl sites for hydroxylation is 1. The number of hydrogen-bond acceptors (Lipinski definition) is 3. The number of carboxylic acid groups (broad SMARTS) is 1. The Labute approximate surface area is 135 Å². The van der Waals surface area contributed by atoms with Gasteiger partial charge in [-0.05, 0) is 39.0 Å². The van der Waals surface area contributed by atoms with Crippen LogP contribution in [0, 0.1) is 13.8 Å². The highest BCUT2D eigenvalue weighted by atomic mass is 16.4. The van der Waals surface area contributed by atoms with E-state index in [1.165, 1.54) is 18.9 Å². The Morgan fingerprint density at radius 1 is 1.35 bits per heavy atom. The van der Waals surface area contributed by atoms with E-state index in [-0.39, 0.29) is 5.91 Å². The SMILES string of the molecule is Cc1cc(C(=O)N(C)C(C)C(=O)O)c(C)n1Cc1ccccn1. The standard InChI is InChI=1S/C17H21N3O3/c1-11-9-15(16(21)19(4)13(3)17(22)23)12(2)20(11)10-14-7-5-6-8-18-14/h5-9,13H,10H2,1-4H3,(H,22,23). The lowest BCUT2D eigenvalue weighted by Crippen LogP contribution is -2.40. The first kappa shape index (κ1) is 16.7. The molecule has 0 aliphatic carbocycles. The minimum atomic E-state index is -1.02. The maximum Gasteiger partial charge on any atom is 0.326 e.